The van der Waals surface area contributed by atoms with E-state index in [1.807, 2.05) is 0 Å². The van der Waals surface area contributed by atoms with Crippen LogP contribution in [-0.4, -0.2) is 16.9 Å². The molecular weight excluding hydrogens is 233 g/mol. The Balaban J connectivity index is 3.16. The Morgan fingerprint density at radius 1 is 1.60 bits per heavy atom. The highest BCUT2D eigenvalue weighted by Gasteiger charge is 2.40. The lowest BCUT2D eigenvalue weighted by molar-refractivity contribution is -0.141. The van der Waals surface area contributed by atoms with Crippen LogP contribution in [0.3, 0.4) is 0 Å². The minimum atomic E-state index is -4.70. The number of esters is 1. The molecule has 1 heterocycles. The maximum atomic E-state index is 12.3. The van der Waals surface area contributed by atoms with Gasteiger partial charge in [-0.05, 0) is 18.5 Å². The maximum Gasteiger partial charge on any atom is 0.435 e. The quantitative estimate of drug-likeness (QED) is 0.802. The van der Waals surface area contributed by atoms with Crippen molar-refractivity contribution in [2.24, 2.45) is 0 Å². The summed E-state index contributed by atoms with van der Waals surface area (Å²) in [6.45, 7) is 1.46. The Morgan fingerprint density at radius 2 is 2.20 bits per heavy atom. The van der Waals surface area contributed by atoms with Crippen molar-refractivity contribution < 1.29 is 22.7 Å². The van der Waals surface area contributed by atoms with Gasteiger partial charge < -0.3 is 10.5 Å². The average Bonchev–Trinajstić information content (AvgIpc) is 2.46. The largest absolute Gasteiger partial charge is 0.462 e. The molecular formula is C7H7F3N2O2S. The van der Waals surface area contributed by atoms with Gasteiger partial charge in [-0.15, -0.1) is 0 Å². The van der Waals surface area contributed by atoms with Gasteiger partial charge in [-0.3, -0.25) is 0 Å². The molecule has 0 spiro atoms. The van der Waals surface area contributed by atoms with Gasteiger partial charge in [0.25, 0.3) is 0 Å². The normalized spacial score (nSPS) is 11.5. The zero-order valence-corrected chi connectivity index (χ0v) is 8.41. The number of nitrogen functional groups attached to an aromatic ring is 1. The third-order valence-electron chi connectivity index (χ3n) is 1.47. The maximum absolute atomic E-state index is 12.3. The van der Waals surface area contributed by atoms with Crippen molar-refractivity contribution in [1.82, 2.24) is 4.37 Å². The smallest absolute Gasteiger partial charge is 0.435 e. The lowest BCUT2D eigenvalue weighted by Gasteiger charge is -2.06. The van der Waals surface area contributed by atoms with Crippen LogP contribution in [0.15, 0.2) is 0 Å². The number of carbonyl (C=O) groups excluding carboxylic acids is 1. The van der Waals surface area contributed by atoms with E-state index in [0.29, 0.717) is 11.5 Å². The highest BCUT2D eigenvalue weighted by Crippen LogP contribution is 2.35. The van der Waals surface area contributed by atoms with Crippen molar-refractivity contribution in [3.63, 3.8) is 0 Å². The number of ether oxygens (including phenoxy) is 1. The standard InChI is InChI=1S/C7H7F3N2O2S/c1-2-14-6(13)3-4(7(8,9)10)12-15-5(3)11/h2,11H2,1H3. The topological polar surface area (TPSA) is 65.2 Å². The molecule has 0 saturated heterocycles. The van der Waals surface area contributed by atoms with Crippen molar-refractivity contribution in [1.29, 1.82) is 0 Å². The molecule has 4 nitrogen and oxygen atoms in total. The second-order valence-electron chi connectivity index (χ2n) is 2.49. The molecule has 8 heteroatoms. The molecule has 2 N–H and O–H groups in total. The van der Waals surface area contributed by atoms with E-state index < -0.39 is 23.4 Å². The number of alkyl halides is 3. The van der Waals surface area contributed by atoms with Crippen molar-refractivity contribution in [3.05, 3.63) is 11.3 Å². The van der Waals surface area contributed by atoms with Gasteiger partial charge in [0.05, 0.1) is 6.61 Å². The molecule has 1 rings (SSSR count). The summed E-state index contributed by atoms with van der Waals surface area (Å²) in [4.78, 5) is 11.2. The molecule has 0 aromatic carbocycles. The Labute approximate surface area is 87.0 Å². The monoisotopic (exact) mass is 240 g/mol. The van der Waals surface area contributed by atoms with Gasteiger partial charge in [0, 0.05) is 0 Å². The minimum Gasteiger partial charge on any atom is -0.462 e. The molecule has 0 aliphatic carbocycles. The Hall–Kier alpha value is -1.31. The fourth-order valence-electron chi connectivity index (χ4n) is 0.897. The number of nitrogens with two attached hydrogens (primary N) is 1. The second kappa shape index (κ2) is 4.05. The summed E-state index contributed by atoms with van der Waals surface area (Å²) in [5, 5.41) is -0.291. The van der Waals surface area contributed by atoms with Crippen LogP contribution in [0.5, 0.6) is 0 Å². The Bertz CT molecular complexity index is 375. The third-order valence-corrected chi connectivity index (χ3v) is 2.14. The van der Waals surface area contributed by atoms with Crippen molar-refractivity contribution >= 4 is 22.5 Å². The van der Waals surface area contributed by atoms with Crippen LogP contribution in [0.25, 0.3) is 0 Å². The van der Waals surface area contributed by atoms with Gasteiger partial charge in [0.2, 0.25) is 0 Å². The predicted octanol–water partition coefficient (Wildman–Crippen LogP) is 1.92. The van der Waals surface area contributed by atoms with Crippen LogP contribution in [0.4, 0.5) is 18.2 Å². The predicted molar refractivity (Wildman–Crippen MR) is 47.5 cm³/mol. The van der Waals surface area contributed by atoms with Crippen molar-refractivity contribution in [2.75, 3.05) is 12.3 Å². The molecule has 15 heavy (non-hydrogen) atoms. The molecule has 0 unspecified atom stereocenters. The second-order valence-corrected chi connectivity index (χ2v) is 3.29. The highest BCUT2D eigenvalue weighted by atomic mass is 32.1. The zero-order chi connectivity index (χ0) is 11.6. The molecule has 0 saturated carbocycles. The van der Waals surface area contributed by atoms with Crippen molar-refractivity contribution in [2.45, 2.75) is 13.1 Å². The van der Waals surface area contributed by atoms with Gasteiger partial charge >= 0.3 is 12.1 Å². The molecule has 0 aliphatic rings. The minimum absolute atomic E-state index is 0.0224. The molecule has 0 bridgehead atoms. The first kappa shape index (κ1) is 11.8. The molecule has 84 valence electrons. The van der Waals surface area contributed by atoms with E-state index in [1.165, 1.54) is 6.92 Å². The molecule has 0 fully saturated rings. The van der Waals surface area contributed by atoms with E-state index >= 15 is 0 Å². The van der Waals surface area contributed by atoms with Gasteiger partial charge in [0.1, 0.15) is 10.6 Å². The van der Waals surface area contributed by atoms with Crippen LogP contribution < -0.4 is 5.73 Å². The van der Waals surface area contributed by atoms with Crippen LogP contribution in [0.1, 0.15) is 23.0 Å². The fraction of sp³-hybridized carbons (Fsp3) is 0.429. The summed E-state index contributed by atoms with van der Waals surface area (Å²) in [5.74, 6) is -1.10. The van der Waals surface area contributed by atoms with E-state index in [9.17, 15) is 18.0 Å². The Morgan fingerprint density at radius 3 is 2.67 bits per heavy atom. The van der Waals surface area contributed by atoms with Gasteiger partial charge in [0.15, 0.2) is 5.69 Å². The van der Waals surface area contributed by atoms with Crippen LogP contribution >= 0.6 is 11.5 Å². The number of hydrogen-bond acceptors (Lipinski definition) is 5. The van der Waals surface area contributed by atoms with E-state index in [1.54, 1.807) is 0 Å². The SMILES string of the molecule is CCOC(=O)c1c(C(F)(F)F)nsc1N. The lowest BCUT2D eigenvalue weighted by Crippen LogP contribution is -2.15. The molecule has 0 atom stereocenters. The summed E-state index contributed by atoms with van der Waals surface area (Å²) in [5.41, 5.74) is 3.24. The number of anilines is 1. The van der Waals surface area contributed by atoms with Gasteiger partial charge in [-0.2, -0.15) is 17.5 Å². The lowest BCUT2D eigenvalue weighted by atomic mass is 10.2. The summed E-state index contributed by atoms with van der Waals surface area (Å²) in [7, 11) is 0. The molecule has 0 aliphatic heterocycles. The first-order valence-electron chi connectivity index (χ1n) is 3.87. The van der Waals surface area contributed by atoms with Crippen molar-refractivity contribution in [3.8, 4) is 0 Å². The summed E-state index contributed by atoms with van der Waals surface area (Å²) < 4.78 is 44.6. The molecule has 1 aromatic rings. The van der Waals surface area contributed by atoms with Crippen LogP contribution in [-0.2, 0) is 10.9 Å². The number of carbonyl (C=O) groups is 1. The number of aromatic nitrogens is 1. The number of rotatable bonds is 2. The summed E-state index contributed by atoms with van der Waals surface area (Å²) in [6.07, 6.45) is -4.70. The summed E-state index contributed by atoms with van der Waals surface area (Å²) in [6, 6.07) is 0. The van der Waals surface area contributed by atoms with Gasteiger partial charge in [-0.1, -0.05) is 0 Å². The molecule has 1 aromatic heterocycles. The summed E-state index contributed by atoms with van der Waals surface area (Å²) >= 11 is 0.419. The fourth-order valence-corrected chi connectivity index (χ4v) is 1.55. The first-order valence-corrected chi connectivity index (χ1v) is 4.64. The average molecular weight is 240 g/mol. The van der Waals surface area contributed by atoms with Crippen LogP contribution in [0.2, 0.25) is 0 Å². The van der Waals surface area contributed by atoms with Gasteiger partial charge in [-0.25, -0.2) is 4.79 Å². The number of nitrogens with zero attached hydrogens (tertiary/aromatic N) is 1. The van der Waals surface area contributed by atoms with E-state index in [2.05, 4.69) is 9.11 Å². The molecule has 0 radical (unpaired) electrons. The van der Waals surface area contributed by atoms with E-state index in [-0.39, 0.29) is 11.6 Å². The number of halogens is 3. The van der Waals surface area contributed by atoms with E-state index in [0.717, 1.165) is 0 Å². The van der Waals surface area contributed by atoms with Crippen LogP contribution in [0, 0.1) is 0 Å². The number of hydrogen-bond donors (Lipinski definition) is 1. The van der Waals surface area contributed by atoms with E-state index in [4.69, 9.17) is 5.73 Å². The first-order chi connectivity index (χ1) is 6.88. The zero-order valence-electron chi connectivity index (χ0n) is 7.59. The molecule has 0 amide bonds. The Kier molecular flexibility index (Phi) is 3.18. The highest BCUT2D eigenvalue weighted by molar-refractivity contribution is 7.10. The third kappa shape index (κ3) is 2.38.